The monoisotopic (exact) mass is 295 g/mol. The van der Waals surface area contributed by atoms with E-state index in [0.717, 1.165) is 5.52 Å². The van der Waals surface area contributed by atoms with Gasteiger partial charge < -0.3 is 0 Å². The topological polar surface area (TPSA) is 12.9 Å². The Labute approximate surface area is 136 Å². The molecular formula is C22H17N. The van der Waals surface area contributed by atoms with Gasteiger partial charge in [-0.25, -0.2) is 0 Å². The van der Waals surface area contributed by atoms with Crippen LogP contribution in [0.3, 0.4) is 0 Å². The molecule has 1 aromatic heterocycles. The maximum Gasteiger partial charge on any atom is 0.0708 e. The number of aryl methyl sites for hydroxylation is 1. The van der Waals surface area contributed by atoms with Gasteiger partial charge in [0.05, 0.1) is 5.52 Å². The zero-order valence-electron chi connectivity index (χ0n) is 13.0. The summed E-state index contributed by atoms with van der Waals surface area (Å²) in [6, 6.07) is 27.7. The van der Waals surface area contributed by atoms with Crippen molar-refractivity contribution in [2.45, 2.75) is 6.92 Å². The van der Waals surface area contributed by atoms with Crippen molar-refractivity contribution in [2.75, 3.05) is 0 Å². The van der Waals surface area contributed by atoms with E-state index in [1.807, 2.05) is 12.3 Å². The molecule has 0 fully saturated rings. The molecule has 4 rings (SSSR count). The summed E-state index contributed by atoms with van der Waals surface area (Å²) in [5, 5.41) is 1.21. The van der Waals surface area contributed by atoms with Gasteiger partial charge in [-0.05, 0) is 46.9 Å². The van der Waals surface area contributed by atoms with Crippen molar-refractivity contribution in [2.24, 2.45) is 0 Å². The number of hydrogen-bond donors (Lipinski definition) is 0. The van der Waals surface area contributed by atoms with E-state index < -0.39 is 0 Å². The molecule has 0 amide bonds. The number of hydrogen-bond acceptors (Lipinski definition) is 1. The van der Waals surface area contributed by atoms with Crippen molar-refractivity contribution in [3.8, 4) is 22.3 Å². The zero-order valence-corrected chi connectivity index (χ0v) is 13.0. The second-order valence-electron chi connectivity index (χ2n) is 5.83. The molecule has 0 radical (unpaired) electrons. The highest BCUT2D eigenvalue weighted by molar-refractivity contribution is 5.95. The molecular weight excluding hydrogens is 278 g/mol. The maximum absolute atomic E-state index is 4.53. The molecule has 1 heteroatoms. The van der Waals surface area contributed by atoms with Crippen LogP contribution in [0.25, 0.3) is 33.2 Å². The van der Waals surface area contributed by atoms with Crippen LogP contribution in [0.4, 0.5) is 0 Å². The first-order chi connectivity index (χ1) is 11.3. The number of benzene rings is 3. The van der Waals surface area contributed by atoms with Gasteiger partial charge in [-0.1, -0.05) is 66.7 Å². The van der Waals surface area contributed by atoms with Gasteiger partial charge in [0.15, 0.2) is 0 Å². The number of rotatable bonds is 2. The van der Waals surface area contributed by atoms with E-state index in [1.54, 1.807) is 0 Å². The van der Waals surface area contributed by atoms with Crippen LogP contribution < -0.4 is 0 Å². The van der Waals surface area contributed by atoms with E-state index in [0.29, 0.717) is 0 Å². The van der Waals surface area contributed by atoms with E-state index in [2.05, 4.69) is 84.7 Å². The van der Waals surface area contributed by atoms with E-state index >= 15 is 0 Å². The molecule has 0 saturated carbocycles. The number of nitrogens with zero attached hydrogens (tertiary/aromatic N) is 1. The summed E-state index contributed by atoms with van der Waals surface area (Å²) in [5.41, 5.74) is 7.17. The fourth-order valence-electron chi connectivity index (χ4n) is 2.98. The molecule has 0 atom stereocenters. The van der Waals surface area contributed by atoms with Crippen molar-refractivity contribution in [1.29, 1.82) is 0 Å². The molecule has 3 aromatic carbocycles. The molecule has 1 heterocycles. The van der Waals surface area contributed by atoms with Crippen LogP contribution in [0.1, 0.15) is 5.56 Å². The Kier molecular flexibility index (Phi) is 3.39. The Morgan fingerprint density at radius 1 is 0.652 bits per heavy atom. The molecule has 4 aromatic rings. The first-order valence-electron chi connectivity index (χ1n) is 7.82. The minimum absolute atomic E-state index is 1.04. The lowest BCUT2D eigenvalue weighted by Gasteiger charge is -2.08. The third-order valence-corrected chi connectivity index (χ3v) is 4.17. The fourth-order valence-corrected chi connectivity index (χ4v) is 2.98. The van der Waals surface area contributed by atoms with E-state index in [-0.39, 0.29) is 0 Å². The molecule has 0 N–H and O–H groups in total. The molecule has 110 valence electrons. The van der Waals surface area contributed by atoms with Gasteiger partial charge in [-0.3, -0.25) is 4.98 Å². The summed E-state index contributed by atoms with van der Waals surface area (Å²) < 4.78 is 0. The summed E-state index contributed by atoms with van der Waals surface area (Å²) in [7, 11) is 0. The fraction of sp³-hybridized carbons (Fsp3) is 0.0455. The minimum Gasteiger partial charge on any atom is -0.256 e. The van der Waals surface area contributed by atoms with Crippen LogP contribution in [0, 0.1) is 6.92 Å². The second kappa shape index (κ2) is 5.69. The van der Waals surface area contributed by atoms with Crippen LogP contribution in [-0.2, 0) is 0 Å². The second-order valence-corrected chi connectivity index (χ2v) is 5.83. The maximum atomic E-state index is 4.53. The quantitative estimate of drug-likeness (QED) is 0.450. The van der Waals surface area contributed by atoms with E-state index in [4.69, 9.17) is 0 Å². The van der Waals surface area contributed by atoms with Gasteiger partial charge in [-0.2, -0.15) is 0 Å². The van der Waals surface area contributed by atoms with Crippen LogP contribution in [0.15, 0.2) is 85.1 Å². The Morgan fingerprint density at radius 2 is 1.35 bits per heavy atom. The molecule has 0 saturated heterocycles. The molecule has 1 nitrogen and oxygen atoms in total. The number of fused-ring (bicyclic) bond motifs is 1. The average molecular weight is 295 g/mol. The van der Waals surface area contributed by atoms with Gasteiger partial charge in [0.25, 0.3) is 0 Å². The Hall–Kier alpha value is -2.93. The molecule has 0 aliphatic carbocycles. The largest absolute Gasteiger partial charge is 0.256 e. The van der Waals surface area contributed by atoms with Gasteiger partial charge in [0.2, 0.25) is 0 Å². The summed E-state index contributed by atoms with van der Waals surface area (Å²) in [5.74, 6) is 0. The summed E-state index contributed by atoms with van der Waals surface area (Å²) in [6.07, 6.45) is 1.92. The Morgan fingerprint density at radius 3 is 2.13 bits per heavy atom. The Balaban J connectivity index is 1.81. The summed E-state index contributed by atoms with van der Waals surface area (Å²) in [4.78, 5) is 4.53. The van der Waals surface area contributed by atoms with E-state index in [9.17, 15) is 0 Å². The SMILES string of the molecule is Cc1cnc2cccc(-c3ccc(-c4ccccc4)cc3)c2c1. The van der Waals surface area contributed by atoms with Gasteiger partial charge in [0.1, 0.15) is 0 Å². The lowest BCUT2D eigenvalue weighted by Crippen LogP contribution is -1.86. The third-order valence-electron chi connectivity index (χ3n) is 4.17. The molecule has 0 spiro atoms. The van der Waals surface area contributed by atoms with Crippen molar-refractivity contribution in [3.63, 3.8) is 0 Å². The lowest BCUT2D eigenvalue weighted by atomic mass is 9.97. The average Bonchev–Trinajstić information content (AvgIpc) is 2.62. The number of pyridine rings is 1. The van der Waals surface area contributed by atoms with Gasteiger partial charge in [0, 0.05) is 11.6 Å². The number of aromatic nitrogens is 1. The predicted octanol–water partition coefficient (Wildman–Crippen LogP) is 5.88. The van der Waals surface area contributed by atoms with Crippen molar-refractivity contribution >= 4 is 10.9 Å². The van der Waals surface area contributed by atoms with Crippen molar-refractivity contribution in [3.05, 3.63) is 90.6 Å². The van der Waals surface area contributed by atoms with Crippen LogP contribution >= 0.6 is 0 Å². The van der Waals surface area contributed by atoms with Crippen LogP contribution in [0.5, 0.6) is 0 Å². The highest BCUT2D eigenvalue weighted by Crippen LogP contribution is 2.30. The normalized spacial score (nSPS) is 10.8. The van der Waals surface area contributed by atoms with Crippen molar-refractivity contribution in [1.82, 2.24) is 4.98 Å². The van der Waals surface area contributed by atoms with Crippen LogP contribution in [-0.4, -0.2) is 4.98 Å². The minimum atomic E-state index is 1.04. The summed E-state index contributed by atoms with van der Waals surface area (Å²) >= 11 is 0. The first-order valence-corrected chi connectivity index (χ1v) is 7.82. The third kappa shape index (κ3) is 2.62. The highest BCUT2D eigenvalue weighted by Gasteiger charge is 2.05. The standard InChI is InChI=1S/C22H17N/c1-16-14-21-20(8-5-9-22(21)23-15-16)19-12-10-18(11-13-19)17-6-3-2-4-7-17/h2-15H,1H3. The molecule has 0 bridgehead atoms. The predicted molar refractivity (Wildman–Crippen MR) is 97.4 cm³/mol. The van der Waals surface area contributed by atoms with E-state index in [1.165, 1.54) is 33.2 Å². The first kappa shape index (κ1) is 13.7. The smallest absolute Gasteiger partial charge is 0.0708 e. The van der Waals surface area contributed by atoms with Crippen LogP contribution in [0.2, 0.25) is 0 Å². The highest BCUT2D eigenvalue weighted by atomic mass is 14.6. The van der Waals surface area contributed by atoms with Gasteiger partial charge in [-0.15, -0.1) is 0 Å². The van der Waals surface area contributed by atoms with Gasteiger partial charge >= 0.3 is 0 Å². The van der Waals surface area contributed by atoms with Crippen molar-refractivity contribution < 1.29 is 0 Å². The molecule has 0 aliphatic heterocycles. The zero-order chi connectivity index (χ0) is 15.6. The Bertz CT molecular complexity index is 954. The summed E-state index contributed by atoms with van der Waals surface area (Å²) in [6.45, 7) is 2.09. The lowest BCUT2D eigenvalue weighted by molar-refractivity contribution is 1.33. The molecule has 0 aliphatic rings. The molecule has 0 unspecified atom stereocenters. The molecule has 23 heavy (non-hydrogen) atoms.